The number of ketones is 1. The number of hydrogen-bond acceptors (Lipinski definition) is 3. The van der Waals surface area contributed by atoms with Gasteiger partial charge in [0, 0.05) is 33.4 Å². The number of pyridine rings is 2. The average molecular weight is 327 g/mol. The predicted octanol–water partition coefficient (Wildman–Crippen LogP) is 4.26. The van der Waals surface area contributed by atoms with Crippen LogP contribution in [0.1, 0.15) is 17.3 Å². The van der Waals surface area contributed by atoms with Gasteiger partial charge in [-0.2, -0.15) is 0 Å². The Bertz CT molecular complexity index is 797. The SMILES string of the molecule is CC(=O)c1cc(-c2ccc(Br)cc2)nc2ccncc12. The Morgan fingerprint density at radius 1 is 1.15 bits per heavy atom. The molecule has 0 spiro atoms. The average Bonchev–Trinajstić information content (AvgIpc) is 2.46. The second-order valence-corrected chi connectivity index (χ2v) is 5.43. The normalized spacial score (nSPS) is 10.7. The number of carbonyl (C=O) groups excluding carboxylic acids is 1. The van der Waals surface area contributed by atoms with Crippen molar-refractivity contribution in [2.45, 2.75) is 6.92 Å². The molecular formula is C16H11BrN2O. The first kappa shape index (κ1) is 12.9. The monoisotopic (exact) mass is 326 g/mol. The third-order valence-electron chi connectivity index (χ3n) is 3.13. The van der Waals surface area contributed by atoms with E-state index < -0.39 is 0 Å². The highest BCUT2D eigenvalue weighted by Crippen LogP contribution is 2.25. The van der Waals surface area contributed by atoms with Crippen LogP contribution in [-0.2, 0) is 0 Å². The maximum Gasteiger partial charge on any atom is 0.160 e. The summed E-state index contributed by atoms with van der Waals surface area (Å²) in [6, 6.07) is 11.5. The fourth-order valence-corrected chi connectivity index (χ4v) is 2.39. The molecule has 0 saturated carbocycles. The van der Waals surface area contributed by atoms with Gasteiger partial charge in [-0.15, -0.1) is 0 Å². The van der Waals surface area contributed by atoms with Crippen molar-refractivity contribution >= 4 is 32.6 Å². The van der Waals surface area contributed by atoms with Gasteiger partial charge in [0.1, 0.15) is 0 Å². The third-order valence-corrected chi connectivity index (χ3v) is 3.66. The van der Waals surface area contributed by atoms with E-state index in [0.29, 0.717) is 5.56 Å². The van der Waals surface area contributed by atoms with Crippen molar-refractivity contribution in [3.05, 3.63) is 58.8 Å². The first-order chi connectivity index (χ1) is 9.65. The zero-order valence-electron chi connectivity index (χ0n) is 10.8. The highest BCUT2D eigenvalue weighted by Gasteiger charge is 2.10. The van der Waals surface area contributed by atoms with E-state index in [4.69, 9.17) is 0 Å². The van der Waals surface area contributed by atoms with Gasteiger partial charge in [-0.25, -0.2) is 4.98 Å². The number of halogens is 1. The number of Topliss-reactive ketones (excluding diaryl/α,β-unsaturated/α-hetero) is 1. The quantitative estimate of drug-likeness (QED) is 0.661. The molecule has 2 heterocycles. The van der Waals surface area contributed by atoms with Crippen LogP contribution in [0.2, 0.25) is 0 Å². The van der Waals surface area contributed by atoms with Crippen LogP contribution >= 0.6 is 15.9 Å². The molecule has 4 heteroatoms. The molecule has 2 aromatic heterocycles. The van der Waals surface area contributed by atoms with E-state index in [1.807, 2.05) is 36.4 Å². The molecule has 0 atom stereocenters. The van der Waals surface area contributed by atoms with Crippen LogP contribution in [-0.4, -0.2) is 15.8 Å². The molecule has 3 aromatic rings. The van der Waals surface area contributed by atoms with E-state index in [2.05, 4.69) is 25.9 Å². The summed E-state index contributed by atoms with van der Waals surface area (Å²) in [6.07, 6.45) is 3.37. The minimum atomic E-state index is 0.0174. The lowest BCUT2D eigenvalue weighted by atomic mass is 10.0. The van der Waals surface area contributed by atoms with E-state index in [-0.39, 0.29) is 5.78 Å². The van der Waals surface area contributed by atoms with Gasteiger partial charge in [-0.1, -0.05) is 28.1 Å². The summed E-state index contributed by atoms with van der Waals surface area (Å²) in [4.78, 5) is 20.5. The number of carbonyl (C=O) groups is 1. The van der Waals surface area contributed by atoms with Crippen molar-refractivity contribution in [2.24, 2.45) is 0 Å². The molecule has 0 fully saturated rings. The van der Waals surface area contributed by atoms with Crippen LogP contribution in [0, 0.1) is 0 Å². The van der Waals surface area contributed by atoms with Gasteiger partial charge in [0.25, 0.3) is 0 Å². The van der Waals surface area contributed by atoms with Crippen molar-refractivity contribution < 1.29 is 4.79 Å². The Morgan fingerprint density at radius 2 is 1.90 bits per heavy atom. The molecule has 3 nitrogen and oxygen atoms in total. The number of nitrogens with zero attached hydrogens (tertiary/aromatic N) is 2. The summed E-state index contributed by atoms with van der Waals surface area (Å²) in [5, 5.41) is 0.792. The summed E-state index contributed by atoms with van der Waals surface area (Å²) in [7, 11) is 0. The number of benzene rings is 1. The van der Waals surface area contributed by atoms with Gasteiger partial charge < -0.3 is 0 Å². The lowest BCUT2D eigenvalue weighted by molar-refractivity contribution is 0.101. The van der Waals surface area contributed by atoms with Crippen molar-refractivity contribution in [3.8, 4) is 11.3 Å². The van der Waals surface area contributed by atoms with Crippen LogP contribution in [0.15, 0.2) is 53.3 Å². The van der Waals surface area contributed by atoms with Crippen molar-refractivity contribution in [1.82, 2.24) is 9.97 Å². The van der Waals surface area contributed by atoms with Crippen molar-refractivity contribution in [1.29, 1.82) is 0 Å². The second-order valence-electron chi connectivity index (χ2n) is 4.51. The number of fused-ring (bicyclic) bond motifs is 1. The molecule has 98 valence electrons. The Labute approximate surface area is 124 Å². The van der Waals surface area contributed by atoms with Gasteiger partial charge in [0.05, 0.1) is 11.2 Å². The first-order valence-electron chi connectivity index (χ1n) is 6.17. The van der Waals surface area contributed by atoms with Crippen LogP contribution in [0.5, 0.6) is 0 Å². The lowest BCUT2D eigenvalue weighted by Crippen LogP contribution is -1.98. The Balaban J connectivity index is 2.27. The third kappa shape index (κ3) is 2.34. The zero-order chi connectivity index (χ0) is 14.1. The fourth-order valence-electron chi connectivity index (χ4n) is 2.13. The van der Waals surface area contributed by atoms with Crippen LogP contribution in [0.4, 0.5) is 0 Å². The molecule has 0 amide bonds. The van der Waals surface area contributed by atoms with E-state index in [0.717, 1.165) is 26.6 Å². The molecule has 3 rings (SSSR count). The molecule has 1 aromatic carbocycles. The van der Waals surface area contributed by atoms with Crippen LogP contribution in [0.3, 0.4) is 0 Å². The smallest absolute Gasteiger partial charge is 0.160 e. The molecule has 0 aliphatic carbocycles. The van der Waals surface area contributed by atoms with E-state index >= 15 is 0 Å². The predicted molar refractivity (Wildman–Crippen MR) is 82.7 cm³/mol. The summed E-state index contributed by atoms with van der Waals surface area (Å²) >= 11 is 3.41. The maximum absolute atomic E-state index is 11.8. The molecule has 0 unspecified atom stereocenters. The number of hydrogen-bond donors (Lipinski definition) is 0. The first-order valence-corrected chi connectivity index (χ1v) is 6.96. The summed E-state index contributed by atoms with van der Waals surface area (Å²) in [5.74, 6) is 0.0174. The minimum absolute atomic E-state index is 0.0174. The van der Waals surface area contributed by atoms with E-state index in [1.165, 1.54) is 0 Å². The Hall–Kier alpha value is -2.07. The fraction of sp³-hybridized carbons (Fsp3) is 0.0625. The second kappa shape index (κ2) is 5.13. The maximum atomic E-state index is 11.8. The molecule has 20 heavy (non-hydrogen) atoms. The molecule has 0 aliphatic heterocycles. The highest BCUT2D eigenvalue weighted by atomic mass is 79.9. The number of aromatic nitrogens is 2. The van der Waals surface area contributed by atoms with Gasteiger partial charge >= 0.3 is 0 Å². The van der Waals surface area contributed by atoms with Gasteiger partial charge in [-0.3, -0.25) is 9.78 Å². The number of rotatable bonds is 2. The molecule has 0 radical (unpaired) electrons. The molecule has 0 bridgehead atoms. The highest BCUT2D eigenvalue weighted by molar-refractivity contribution is 9.10. The van der Waals surface area contributed by atoms with Crippen molar-refractivity contribution in [2.75, 3.05) is 0 Å². The van der Waals surface area contributed by atoms with Crippen molar-refractivity contribution in [3.63, 3.8) is 0 Å². The molecule has 0 aliphatic rings. The van der Waals surface area contributed by atoms with Gasteiger partial charge in [0.15, 0.2) is 5.78 Å². The van der Waals surface area contributed by atoms with Gasteiger partial charge in [0.2, 0.25) is 0 Å². The topological polar surface area (TPSA) is 42.9 Å². The van der Waals surface area contributed by atoms with E-state index in [1.54, 1.807) is 19.3 Å². The van der Waals surface area contributed by atoms with Crippen LogP contribution in [0.25, 0.3) is 22.2 Å². The Morgan fingerprint density at radius 3 is 2.60 bits per heavy atom. The Kier molecular flexibility index (Phi) is 3.32. The lowest BCUT2D eigenvalue weighted by Gasteiger charge is -2.07. The largest absolute Gasteiger partial charge is 0.294 e. The summed E-state index contributed by atoms with van der Waals surface area (Å²) < 4.78 is 1.01. The zero-order valence-corrected chi connectivity index (χ0v) is 12.4. The van der Waals surface area contributed by atoms with Crippen LogP contribution < -0.4 is 0 Å². The summed E-state index contributed by atoms with van der Waals surface area (Å²) in [6.45, 7) is 1.56. The van der Waals surface area contributed by atoms with Gasteiger partial charge in [-0.05, 0) is 31.2 Å². The standard InChI is InChI=1S/C16H11BrN2O/c1-10(20)13-8-16(11-2-4-12(17)5-3-11)19-15-6-7-18-9-14(13)15/h2-9H,1H3. The molecular weight excluding hydrogens is 316 g/mol. The molecule has 0 N–H and O–H groups in total. The summed E-state index contributed by atoms with van der Waals surface area (Å²) in [5.41, 5.74) is 3.21. The minimum Gasteiger partial charge on any atom is -0.294 e. The molecule has 0 saturated heterocycles. The van der Waals surface area contributed by atoms with E-state index in [9.17, 15) is 4.79 Å².